The normalized spacial score (nSPS) is 12.5. The van der Waals surface area contributed by atoms with Crippen molar-refractivity contribution in [1.82, 2.24) is 24.8 Å². The second kappa shape index (κ2) is 7.19. The predicted molar refractivity (Wildman–Crippen MR) is 102 cm³/mol. The summed E-state index contributed by atoms with van der Waals surface area (Å²) in [6.45, 7) is 2.40. The molecule has 1 amide bonds. The average Bonchev–Trinajstić information content (AvgIpc) is 3.27. The highest BCUT2D eigenvalue weighted by Crippen LogP contribution is 2.17. The molecule has 4 aromatic rings. The SMILES string of the molecule is C[C@@H](C(=O)NCCCc1nc2ccc(F)cc2[nH]1)n1cnc2ccccc21. The van der Waals surface area contributed by atoms with Crippen LogP contribution >= 0.6 is 0 Å². The number of imidazole rings is 2. The van der Waals surface area contributed by atoms with Gasteiger partial charge in [-0.15, -0.1) is 0 Å². The third kappa shape index (κ3) is 3.53. The number of aryl methyl sites for hydroxylation is 1. The summed E-state index contributed by atoms with van der Waals surface area (Å²) in [7, 11) is 0. The van der Waals surface area contributed by atoms with Gasteiger partial charge in [0.15, 0.2) is 0 Å². The summed E-state index contributed by atoms with van der Waals surface area (Å²) < 4.78 is 15.1. The maximum Gasteiger partial charge on any atom is 0.242 e. The van der Waals surface area contributed by atoms with Gasteiger partial charge >= 0.3 is 0 Å². The van der Waals surface area contributed by atoms with E-state index in [0.29, 0.717) is 18.5 Å². The number of H-pyrrole nitrogens is 1. The number of rotatable bonds is 6. The van der Waals surface area contributed by atoms with Crippen LogP contribution in [0.4, 0.5) is 4.39 Å². The second-order valence-corrected chi connectivity index (χ2v) is 6.56. The molecule has 2 aromatic carbocycles. The maximum atomic E-state index is 13.2. The smallest absolute Gasteiger partial charge is 0.242 e. The van der Waals surface area contributed by atoms with Crippen LogP contribution in [0.5, 0.6) is 0 Å². The molecule has 2 N–H and O–H groups in total. The lowest BCUT2D eigenvalue weighted by Crippen LogP contribution is -2.31. The van der Waals surface area contributed by atoms with Crippen molar-refractivity contribution in [3.05, 3.63) is 60.4 Å². The van der Waals surface area contributed by atoms with Crippen molar-refractivity contribution in [3.8, 4) is 0 Å². The number of aromatic nitrogens is 4. The summed E-state index contributed by atoms with van der Waals surface area (Å²) in [6, 6.07) is 11.9. The lowest BCUT2D eigenvalue weighted by Gasteiger charge is -2.14. The number of fused-ring (bicyclic) bond motifs is 2. The van der Waals surface area contributed by atoms with E-state index in [4.69, 9.17) is 0 Å². The first kappa shape index (κ1) is 17.2. The van der Waals surface area contributed by atoms with Crippen molar-refractivity contribution in [3.63, 3.8) is 0 Å². The van der Waals surface area contributed by atoms with Gasteiger partial charge in [-0.2, -0.15) is 0 Å². The second-order valence-electron chi connectivity index (χ2n) is 6.56. The molecule has 0 fully saturated rings. The summed E-state index contributed by atoms with van der Waals surface area (Å²) >= 11 is 0. The highest BCUT2D eigenvalue weighted by atomic mass is 19.1. The van der Waals surface area contributed by atoms with Crippen molar-refractivity contribution in [2.45, 2.75) is 25.8 Å². The molecule has 0 aliphatic heterocycles. The van der Waals surface area contributed by atoms with Gasteiger partial charge in [-0.25, -0.2) is 14.4 Å². The number of benzene rings is 2. The predicted octanol–water partition coefficient (Wildman–Crippen LogP) is 3.36. The zero-order valence-corrected chi connectivity index (χ0v) is 14.9. The van der Waals surface area contributed by atoms with E-state index < -0.39 is 0 Å². The van der Waals surface area contributed by atoms with Crippen molar-refractivity contribution < 1.29 is 9.18 Å². The number of nitrogens with zero attached hydrogens (tertiary/aromatic N) is 3. The van der Waals surface area contributed by atoms with Gasteiger partial charge in [-0.3, -0.25) is 4.79 Å². The molecular weight excluding hydrogens is 345 g/mol. The van der Waals surface area contributed by atoms with E-state index in [1.807, 2.05) is 35.8 Å². The molecule has 7 heteroatoms. The molecule has 4 rings (SSSR count). The molecule has 2 aromatic heterocycles. The van der Waals surface area contributed by atoms with Crippen molar-refractivity contribution in [2.24, 2.45) is 0 Å². The number of aromatic amines is 1. The fourth-order valence-electron chi connectivity index (χ4n) is 3.18. The van der Waals surface area contributed by atoms with Crippen LogP contribution in [0.1, 0.15) is 25.2 Å². The molecule has 0 aliphatic rings. The molecule has 0 radical (unpaired) electrons. The third-order valence-corrected chi connectivity index (χ3v) is 4.66. The average molecular weight is 365 g/mol. The maximum absolute atomic E-state index is 13.2. The van der Waals surface area contributed by atoms with Crippen molar-refractivity contribution in [2.75, 3.05) is 6.54 Å². The molecule has 0 saturated carbocycles. The van der Waals surface area contributed by atoms with Gasteiger partial charge in [-0.05, 0) is 43.7 Å². The monoisotopic (exact) mass is 365 g/mol. The zero-order chi connectivity index (χ0) is 18.8. The molecule has 0 spiro atoms. The Morgan fingerprint density at radius 2 is 2.11 bits per heavy atom. The number of carbonyl (C=O) groups is 1. The molecule has 1 atom stereocenters. The van der Waals surface area contributed by atoms with Gasteiger partial charge in [0.2, 0.25) is 5.91 Å². The van der Waals surface area contributed by atoms with Crippen LogP contribution in [0.2, 0.25) is 0 Å². The molecule has 0 saturated heterocycles. The minimum atomic E-state index is -0.341. The fourth-order valence-corrected chi connectivity index (χ4v) is 3.18. The van der Waals surface area contributed by atoms with E-state index in [1.165, 1.54) is 12.1 Å². The third-order valence-electron chi connectivity index (χ3n) is 4.66. The van der Waals surface area contributed by atoms with Gasteiger partial charge in [0, 0.05) is 13.0 Å². The van der Waals surface area contributed by atoms with Crippen LogP contribution in [0.15, 0.2) is 48.8 Å². The molecule has 0 bridgehead atoms. The zero-order valence-electron chi connectivity index (χ0n) is 14.9. The van der Waals surface area contributed by atoms with Crippen molar-refractivity contribution >= 4 is 28.0 Å². The van der Waals surface area contributed by atoms with E-state index in [0.717, 1.165) is 28.8 Å². The largest absolute Gasteiger partial charge is 0.354 e. The number of carbonyl (C=O) groups excluding carboxylic acids is 1. The van der Waals surface area contributed by atoms with Crippen LogP contribution < -0.4 is 5.32 Å². The van der Waals surface area contributed by atoms with Crippen LogP contribution in [-0.4, -0.2) is 32.0 Å². The Labute approximate surface area is 155 Å². The van der Waals surface area contributed by atoms with Gasteiger partial charge < -0.3 is 14.9 Å². The number of para-hydroxylation sites is 2. The molecule has 0 unspecified atom stereocenters. The highest BCUT2D eigenvalue weighted by molar-refractivity contribution is 5.83. The Balaban J connectivity index is 1.32. The first-order valence-electron chi connectivity index (χ1n) is 8.95. The summed E-state index contributed by atoms with van der Waals surface area (Å²) in [5.41, 5.74) is 3.25. The fraction of sp³-hybridized carbons (Fsp3) is 0.250. The van der Waals surface area contributed by atoms with Crippen molar-refractivity contribution in [1.29, 1.82) is 0 Å². The van der Waals surface area contributed by atoms with Gasteiger partial charge in [0.05, 0.1) is 28.4 Å². The van der Waals surface area contributed by atoms with Gasteiger partial charge in [0.1, 0.15) is 17.7 Å². The highest BCUT2D eigenvalue weighted by Gasteiger charge is 2.16. The van der Waals surface area contributed by atoms with E-state index in [2.05, 4.69) is 20.3 Å². The number of halogens is 1. The van der Waals surface area contributed by atoms with E-state index in [9.17, 15) is 9.18 Å². The Morgan fingerprint density at radius 1 is 1.26 bits per heavy atom. The molecule has 2 heterocycles. The number of hydrogen-bond acceptors (Lipinski definition) is 3. The summed E-state index contributed by atoms with van der Waals surface area (Å²) in [6.07, 6.45) is 3.12. The Kier molecular flexibility index (Phi) is 4.58. The Hall–Kier alpha value is -3.22. The quantitative estimate of drug-likeness (QED) is 0.515. The summed E-state index contributed by atoms with van der Waals surface area (Å²) in [5.74, 6) is 0.453. The van der Waals surface area contributed by atoms with Crippen LogP contribution in [0, 0.1) is 5.82 Å². The van der Waals surface area contributed by atoms with E-state index in [1.54, 1.807) is 12.4 Å². The van der Waals surface area contributed by atoms with Gasteiger partial charge in [0.25, 0.3) is 0 Å². The lowest BCUT2D eigenvalue weighted by molar-refractivity contribution is -0.123. The number of hydrogen-bond donors (Lipinski definition) is 2. The number of amides is 1. The minimum absolute atomic E-state index is 0.0511. The summed E-state index contributed by atoms with van der Waals surface area (Å²) in [5, 5.41) is 2.96. The van der Waals surface area contributed by atoms with Crippen LogP contribution in [-0.2, 0) is 11.2 Å². The Morgan fingerprint density at radius 3 is 3.00 bits per heavy atom. The van der Waals surface area contributed by atoms with E-state index >= 15 is 0 Å². The van der Waals surface area contributed by atoms with E-state index in [-0.39, 0.29) is 17.8 Å². The van der Waals surface area contributed by atoms with Gasteiger partial charge in [-0.1, -0.05) is 12.1 Å². The first-order valence-corrected chi connectivity index (χ1v) is 8.95. The number of nitrogens with one attached hydrogen (secondary N) is 2. The standard InChI is InChI=1S/C20H20FN5O/c1-13(26-12-23-16-5-2-3-6-18(16)26)20(27)22-10-4-7-19-24-15-9-8-14(21)11-17(15)25-19/h2-3,5-6,8-9,11-13H,4,7,10H2,1H3,(H,22,27)(H,24,25)/t13-/m0/s1. The first-order chi connectivity index (χ1) is 13.1. The Bertz CT molecular complexity index is 1100. The molecule has 138 valence electrons. The summed E-state index contributed by atoms with van der Waals surface area (Å²) in [4.78, 5) is 24.3. The topological polar surface area (TPSA) is 75.6 Å². The molecule has 0 aliphatic carbocycles. The lowest BCUT2D eigenvalue weighted by atomic mass is 10.2. The molecule has 6 nitrogen and oxygen atoms in total. The molecule has 27 heavy (non-hydrogen) atoms. The molecular formula is C20H20FN5O. The van der Waals surface area contributed by atoms with Crippen LogP contribution in [0.25, 0.3) is 22.1 Å². The van der Waals surface area contributed by atoms with Crippen LogP contribution in [0.3, 0.4) is 0 Å². The minimum Gasteiger partial charge on any atom is -0.354 e.